The normalized spacial score (nSPS) is 25.3. The number of benzene rings is 2. The summed E-state index contributed by atoms with van der Waals surface area (Å²) >= 11 is 0. The first-order valence-electron chi connectivity index (χ1n) is 10.7. The van der Waals surface area contributed by atoms with Crippen LogP contribution in [-0.4, -0.2) is 16.1 Å². The van der Waals surface area contributed by atoms with E-state index in [9.17, 15) is 9.90 Å². The fourth-order valence-electron chi connectivity index (χ4n) is 5.63. The van der Waals surface area contributed by atoms with Gasteiger partial charge < -0.3 is 9.84 Å². The zero-order valence-corrected chi connectivity index (χ0v) is 16.6. The molecule has 0 radical (unpaired) electrons. The predicted octanol–water partition coefficient (Wildman–Crippen LogP) is 4.71. The summed E-state index contributed by atoms with van der Waals surface area (Å²) in [5.41, 5.74) is 7.72. The Bertz CT molecular complexity index is 1140. The molecule has 0 saturated heterocycles. The smallest absolute Gasteiger partial charge is 0.307 e. The van der Waals surface area contributed by atoms with Gasteiger partial charge in [0.15, 0.2) is 0 Å². The third kappa shape index (κ3) is 2.82. The summed E-state index contributed by atoms with van der Waals surface area (Å²) in [7, 11) is 0. The largest absolute Gasteiger partial charge is 0.481 e. The Labute approximate surface area is 175 Å². The van der Waals surface area contributed by atoms with Crippen molar-refractivity contribution >= 4 is 5.97 Å². The van der Waals surface area contributed by atoms with E-state index in [4.69, 9.17) is 4.74 Å². The Morgan fingerprint density at radius 3 is 2.77 bits per heavy atom. The maximum Gasteiger partial charge on any atom is 0.307 e. The fraction of sp³-hybridized carbons (Fsp3) is 0.308. The summed E-state index contributed by atoms with van der Waals surface area (Å²) in [5.74, 6) is 0.650. The lowest BCUT2D eigenvalue weighted by Crippen LogP contribution is -2.06. The first kappa shape index (κ1) is 17.7. The number of nitrogens with zero attached hydrogens (tertiary/aromatic N) is 1. The number of pyridine rings is 1. The molecule has 2 aromatic carbocycles. The van der Waals surface area contributed by atoms with Crippen LogP contribution in [0, 0.1) is 11.8 Å². The number of ether oxygens (including phenoxy) is 1. The van der Waals surface area contributed by atoms with Crippen LogP contribution in [0.2, 0.25) is 0 Å². The van der Waals surface area contributed by atoms with Gasteiger partial charge in [0, 0.05) is 24.1 Å². The van der Waals surface area contributed by atoms with Crippen LogP contribution in [-0.2, 0) is 24.2 Å². The van der Waals surface area contributed by atoms with Gasteiger partial charge in [-0.05, 0) is 58.6 Å². The van der Waals surface area contributed by atoms with E-state index in [0.717, 1.165) is 24.8 Å². The molecule has 1 heterocycles. The van der Waals surface area contributed by atoms with E-state index < -0.39 is 5.97 Å². The van der Waals surface area contributed by atoms with E-state index in [-0.39, 0.29) is 17.8 Å². The predicted molar refractivity (Wildman–Crippen MR) is 113 cm³/mol. The van der Waals surface area contributed by atoms with Crippen LogP contribution in [0.3, 0.4) is 0 Å². The lowest BCUT2D eigenvalue weighted by atomic mass is 9.93. The average molecular weight is 397 g/mol. The zero-order valence-electron chi connectivity index (χ0n) is 16.6. The summed E-state index contributed by atoms with van der Waals surface area (Å²) in [6, 6.07) is 19.4. The summed E-state index contributed by atoms with van der Waals surface area (Å²) in [4.78, 5) is 15.7. The number of fused-ring (bicyclic) bond motifs is 4. The quantitative estimate of drug-likeness (QED) is 0.677. The van der Waals surface area contributed by atoms with Crippen LogP contribution in [0.1, 0.15) is 51.6 Å². The molecule has 30 heavy (non-hydrogen) atoms. The van der Waals surface area contributed by atoms with E-state index in [1.165, 1.54) is 27.8 Å². The van der Waals surface area contributed by atoms with Gasteiger partial charge in [-0.2, -0.15) is 0 Å². The van der Waals surface area contributed by atoms with Crippen LogP contribution in [0.15, 0.2) is 60.8 Å². The van der Waals surface area contributed by atoms with Crippen LogP contribution < -0.4 is 4.74 Å². The molecule has 3 aromatic rings. The Morgan fingerprint density at radius 2 is 1.93 bits per heavy atom. The SMILES string of the molecule is O=C(O)[C@H]1[C@@H]2Cc3cc(OCc4ccc5c(c4)CCC5c4ccccc4)ncc3[C@@H]21. The van der Waals surface area contributed by atoms with Gasteiger partial charge in [0.05, 0.1) is 5.92 Å². The molecule has 3 aliphatic carbocycles. The van der Waals surface area contributed by atoms with Crippen molar-refractivity contribution < 1.29 is 14.6 Å². The second kappa shape index (κ2) is 6.69. The summed E-state index contributed by atoms with van der Waals surface area (Å²) in [6.07, 6.45) is 4.92. The summed E-state index contributed by atoms with van der Waals surface area (Å²) in [5, 5.41) is 9.25. The van der Waals surface area contributed by atoms with Crippen molar-refractivity contribution in [1.82, 2.24) is 4.98 Å². The Hall–Kier alpha value is -3.14. The molecular formula is C26H23NO3. The summed E-state index contributed by atoms with van der Waals surface area (Å²) in [6.45, 7) is 0.500. The van der Waals surface area contributed by atoms with Gasteiger partial charge in [0.25, 0.3) is 0 Å². The molecule has 1 saturated carbocycles. The molecule has 4 nitrogen and oxygen atoms in total. The van der Waals surface area contributed by atoms with Crippen molar-refractivity contribution in [3.05, 3.63) is 94.2 Å². The minimum Gasteiger partial charge on any atom is -0.481 e. The van der Waals surface area contributed by atoms with Gasteiger partial charge in [-0.3, -0.25) is 4.79 Å². The molecule has 1 unspecified atom stereocenters. The monoisotopic (exact) mass is 397 g/mol. The van der Waals surface area contributed by atoms with Crippen molar-refractivity contribution in [2.75, 3.05) is 0 Å². The van der Waals surface area contributed by atoms with Crippen molar-refractivity contribution in [2.45, 2.75) is 37.7 Å². The molecule has 0 amide bonds. The molecule has 1 fully saturated rings. The highest BCUT2D eigenvalue weighted by atomic mass is 16.5. The molecule has 0 bridgehead atoms. The van der Waals surface area contributed by atoms with E-state index in [0.29, 0.717) is 18.4 Å². The molecule has 150 valence electrons. The molecule has 6 rings (SSSR count). The van der Waals surface area contributed by atoms with Gasteiger partial charge in [0.1, 0.15) is 6.61 Å². The third-order valence-corrected chi connectivity index (χ3v) is 7.14. The van der Waals surface area contributed by atoms with E-state index in [1.807, 2.05) is 12.3 Å². The maximum absolute atomic E-state index is 11.2. The number of carbonyl (C=O) groups is 1. The van der Waals surface area contributed by atoms with Gasteiger partial charge in [-0.25, -0.2) is 4.98 Å². The van der Waals surface area contributed by atoms with Crippen molar-refractivity contribution in [2.24, 2.45) is 11.8 Å². The second-order valence-electron chi connectivity index (χ2n) is 8.80. The fourth-order valence-corrected chi connectivity index (χ4v) is 5.63. The minimum atomic E-state index is -0.679. The van der Waals surface area contributed by atoms with E-state index in [1.54, 1.807) is 0 Å². The number of aryl methyl sites for hydroxylation is 1. The van der Waals surface area contributed by atoms with Gasteiger partial charge in [0.2, 0.25) is 5.88 Å². The minimum absolute atomic E-state index is 0.160. The molecule has 1 aromatic heterocycles. The number of rotatable bonds is 5. The molecular weight excluding hydrogens is 374 g/mol. The lowest BCUT2D eigenvalue weighted by Gasteiger charge is -2.13. The first-order chi connectivity index (χ1) is 14.7. The lowest BCUT2D eigenvalue weighted by molar-refractivity contribution is -0.139. The Kier molecular flexibility index (Phi) is 3.95. The van der Waals surface area contributed by atoms with Crippen LogP contribution in [0.5, 0.6) is 5.88 Å². The van der Waals surface area contributed by atoms with Crippen LogP contribution >= 0.6 is 0 Å². The number of carboxylic acid groups (broad SMARTS) is 1. The number of hydrogen-bond donors (Lipinski definition) is 1. The Balaban J connectivity index is 1.15. The van der Waals surface area contributed by atoms with Crippen molar-refractivity contribution in [3.8, 4) is 5.88 Å². The number of hydrogen-bond acceptors (Lipinski definition) is 3. The second-order valence-corrected chi connectivity index (χ2v) is 8.80. The van der Waals surface area contributed by atoms with E-state index >= 15 is 0 Å². The van der Waals surface area contributed by atoms with Crippen LogP contribution in [0.4, 0.5) is 0 Å². The highest BCUT2D eigenvalue weighted by Crippen LogP contribution is 2.61. The maximum atomic E-state index is 11.2. The number of aromatic nitrogens is 1. The number of aliphatic carboxylic acids is 1. The van der Waals surface area contributed by atoms with Crippen molar-refractivity contribution in [1.29, 1.82) is 0 Å². The molecule has 0 aliphatic heterocycles. The number of carboxylic acids is 1. The van der Waals surface area contributed by atoms with Gasteiger partial charge >= 0.3 is 5.97 Å². The first-order valence-corrected chi connectivity index (χ1v) is 10.7. The highest BCUT2D eigenvalue weighted by Gasteiger charge is 2.59. The third-order valence-electron chi connectivity index (χ3n) is 7.14. The average Bonchev–Trinajstić information content (AvgIpc) is 3.14. The topological polar surface area (TPSA) is 59.4 Å². The molecule has 1 N–H and O–H groups in total. The van der Waals surface area contributed by atoms with Crippen molar-refractivity contribution in [3.63, 3.8) is 0 Å². The summed E-state index contributed by atoms with van der Waals surface area (Å²) < 4.78 is 5.99. The standard InChI is InChI=1S/C26H23NO3/c28-26(29)25-21-11-18-12-23(27-13-22(18)24(21)25)30-14-15-6-8-20-17(10-15)7-9-19(20)16-4-2-1-3-5-16/h1-6,8,10,12-13,19,21,24-25H,7,9,11,14H2,(H,28,29)/t19?,21-,24-,25+/m1/s1. The molecule has 4 heteroatoms. The van der Waals surface area contributed by atoms with Crippen LogP contribution in [0.25, 0.3) is 0 Å². The molecule has 0 spiro atoms. The van der Waals surface area contributed by atoms with E-state index in [2.05, 4.69) is 53.5 Å². The molecule has 4 atom stereocenters. The van der Waals surface area contributed by atoms with Gasteiger partial charge in [-0.1, -0.05) is 48.5 Å². The highest BCUT2D eigenvalue weighted by molar-refractivity contribution is 5.77. The zero-order chi connectivity index (χ0) is 20.2. The Morgan fingerprint density at radius 1 is 1.07 bits per heavy atom. The van der Waals surface area contributed by atoms with Gasteiger partial charge in [-0.15, -0.1) is 0 Å². The molecule has 3 aliphatic rings.